The molecule has 2 amide bonds. The van der Waals surface area contributed by atoms with Crippen molar-refractivity contribution in [3.05, 3.63) is 140 Å². The van der Waals surface area contributed by atoms with Gasteiger partial charge in [-0.25, -0.2) is 9.98 Å². The first-order valence-electron chi connectivity index (χ1n) is 19.9. The van der Waals surface area contributed by atoms with Crippen molar-refractivity contribution in [2.45, 2.75) is 65.4 Å². The van der Waals surface area contributed by atoms with Gasteiger partial charge in [-0.05, 0) is 66.9 Å². The van der Waals surface area contributed by atoms with E-state index in [-0.39, 0.29) is 46.3 Å². The number of hydrogen-bond donors (Lipinski definition) is 2. The van der Waals surface area contributed by atoms with E-state index in [0.29, 0.717) is 80.4 Å². The third kappa shape index (κ3) is 7.32. The SMILES string of the molecule is CCCCn1c(O)c2c(c1-c1ccccc1OCc1ccc(Br)c(C3=NC(=O)c4c3c(O)n(CCCC)c4-c3ccccc3OC)c1)C(=O)N=C2c1ccc(C(F)(F)F)cc1. The molecule has 0 atom stereocenters. The van der Waals surface area contributed by atoms with Crippen LogP contribution in [0.4, 0.5) is 13.2 Å². The number of amides is 2. The first kappa shape index (κ1) is 41.3. The lowest BCUT2D eigenvalue weighted by atomic mass is 9.98. The molecule has 0 saturated heterocycles. The molecule has 2 aromatic heterocycles. The second-order valence-electron chi connectivity index (χ2n) is 14.8. The van der Waals surface area contributed by atoms with Gasteiger partial charge in [0, 0.05) is 39.8 Å². The van der Waals surface area contributed by atoms with Gasteiger partial charge in [-0.2, -0.15) is 13.2 Å². The van der Waals surface area contributed by atoms with E-state index in [4.69, 9.17) is 9.47 Å². The summed E-state index contributed by atoms with van der Waals surface area (Å²) in [6.07, 6.45) is -1.49. The van der Waals surface area contributed by atoms with Gasteiger partial charge in [-0.1, -0.05) is 85.1 Å². The number of halogens is 4. The number of aliphatic imine (C=N–C) groups is 2. The number of carbonyl (C=O) groups is 2. The van der Waals surface area contributed by atoms with Crippen LogP contribution >= 0.6 is 15.9 Å². The molecule has 8 rings (SSSR count). The summed E-state index contributed by atoms with van der Waals surface area (Å²) in [6.45, 7) is 4.89. The Balaban J connectivity index is 1.15. The summed E-state index contributed by atoms with van der Waals surface area (Å²) in [6, 6.07) is 24.3. The molecule has 6 aromatic rings. The molecule has 4 aromatic carbocycles. The molecule has 0 spiro atoms. The Kier molecular flexibility index (Phi) is 11.2. The molecule has 0 fully saturated rings. The number of para-hydroxylation sites is 2. The van der Waals surface area contributed by atoms with Crippen molar-refractivity contribution in [2.24, 2.45) is 9.98 Å². The fourth-order valence-corrected chi connectivity index (χ4v) is 8.42. The highest BCUT2D eigenvalue weighted by atomic mass is 79.9. The number of methoxy groups -OCH3 is 1. The van der Waals surface area contributed by atoms with E-state index in [1.54, 1.807) is 46.6 Å². The quantitative estimate of drug-likeness (QED) is 0.112. The van der Waals surface area contributed by atoms with Crippen LogP contribution in [-0.4, -0.2) is 49.7 Å². The molecule has 61 heavy (non-hydrogen) atoms. The van der Waals surface area contributed by atoms with Crippen molar-refractivity contribution < 1.29 is 42.4 Å². The van der Waals surface area contributed by atoms with Gasteiger partial charge in [-0.15, -0.1) is 0 Å². The van der Waals surface area contributed by atoms with Crippen molar-refractivity contribution in [3.8, 4) is 45.8 Å². The number of carbonyl (C=O) groups excluding carboxylic acids is 2. The van der Waals surface area contributed by atoms with Crippen LogP contribution in [0.1, 0.15) is 93.6 Å². The molecule has 0 unspecified atom stereocenters. The van der Waals surface area contributed by atoms with Crippen LogP contribution < -0.4 is 9.47 Å². The molecule has 0 aliphatic carbocycles. The highest BCUT2D eigenvalue weighted by Gasteiger charge is 2.39. The van der Waals surface area contributed by atoms with Crippen molar-refractivity contribution in [1.29, 1.82) is 0 Å². The summed E-state index contributed by atoms with van der Waals surface area (Å²) >= 11 is 3.65. The summed E-state index contributed by atoms with van der Waals surface area (Å²) in [7, 11) is 1.56. The van der Waals surface area contributed by atoms with Crippen molar-refractivity contribution in [3.63, 3.8) is 0 Å². The maximum Gasteiger partial charge on any atom is 0.416 e. The zero-order valence-electron chi connectivity index (χ0n) is 33.4. The second kappa shape index (κ2) is 16.6. The van der Waals surface area contributed by atoms with Crippen molar-refractivity contribution in [2.75, 3.05) is 7.11 Å². The van der Waals surface area contributed by atoms with Gasteiger partial charge >= 0.3 is 6.18 Å². The van der Waals surface area contributed by atoms with E-state index in [2.05, 4.69) is 32.8 Å². The Morgan fingerprint density at radius 2 is 1.20 bits per heavy atom. The molecule has 0 saturated carbocycles. The van der Waals surface area contributed by atoms with Gasteiger partial charge in [0.1, 0.15) is 18.1 Å². The average molecular weight is 894 g/mol. The lowest BCUT2D eigenvalue weighted by Gasteiger charge is -2.16. The number of aromatic hydroxyl groups is 2. The molecule has 2 aliphatic heterocycles. The first-order valence-corrected chi connectivity index (χ1v) is 20.7. The van der Waals surface area contributed by atoms with Crippen LogP contribution in [0.3, 0.4) is 0 Å². The van der Waals surface area contributed by atoms with E-state index >= 15 is 0 Å². The maximum atomic E-state index is 13.8. The first-order chi connectivity index (χ1) is 29.4. The summed E-state index contributed by atoms with van der Waals surface area (Å²) < 4.78 is 56.3. The Labute approximate surface area is 357 Å². The zero-order chi connectivity index (χ0) is 43.2. The van der Waals surface area contributed by atoms with Gasteiger partial charge in [0.15, 0.2) is 0 Å². The van der Waals surface area contributed by atoms with Gasteiger partial charge in [0.25, 0.3) is 11.8 Å². The number of rotatable bonds is 14. The topological polar surface area (TPSA) is 128 Å². The van der Waals surface area contributed by atoms with Crippen LogP contribution in [0, 0.1) is 0 Å². The summed E-state index contributed by atoms with van der Waals surface area (Å²) in [5.41, 5.74) is 4.03. The minimum absolute atomic E-state index is 0.0342. The fraction of sp³-hybridized carbons (Fsp3) is 0.234. The summed E-state index contributed by atoms with van der Waals surface area (Å²) in [4.78, 5) is 36.2. The molecule has 2 N–H and O–H groups in total. The fourth-order valence-electron chi connectivity index (χ4n) is 7.99. The Morgan fingerprint density at radius 1 is 0.672 bits per heavy atom. The van der Waals surface area contributed by atoms with E-state index < -0.39 is 23.6 Å². The lowest BCUT2D eigenvalue weighted by Crippen LogP contribution is -2.07. The molecule has 4 heterocycles. The minimum atomic E-state index is -4.55. The smallest absolute Gasteiger partial charge is 0.416 e. The molecule has 312 valence electrons. The number of aromatic nitrogens is 2. The van der Waals surface area contributed by atoms with E-state index in [9.17, 15) is 33.0 Å². The second-order valence-corrected chi connectivity index (χ2v) is 15.6. The lowest BCUT2D eigenvalue weighted by molar-refractivity contribution is -0.137. The number of benzene rings is 4. The van der Waals surface area contributed by atoms with Gasteiger partial charge in [-0.3, -0.25) is 9.59 Å². The van der Waals surface area contributed by atoms with Gasteiger partial charge < -0.3 is 28.8 Å². The molecule has 10 nitrogen and oxygen atoms in total. The van der Waals surface area contributed by atoms with Crippen LogP contribution in [-0.2, 0) is 25.9 Å². The number of nitrogens with zero attached hydrogens (tertiary/aromatic N) is 4. The van der Waals surface area contributed by atoms with E-state index in [1.165, 1.54) is 12.1 Å². The molecular formula is C47H40BrF3N4O6. The summed E-state index contributed by atoms with van der Waals surface area (Å²) in [5.74, 6) is -0.466. The molecule has 14 heteroatoms. The number of unbranched alkanes of at least 4 members (excludes halogenated alkanes) is 2. The Bertz CT molecular complexity index is 2780. The minimum Gasteiger partial charge on any atom is -0.496 e. The van der Waals surface area contributed by atoms with Crippen LogP contribution in [0.25, 0.3) is 22.5 Å². The maximum absolute atomic E-state index is 13.8. The summed E-state index contributed by atoms with van der Waals surface area (Å²) in [5, 5.41) is 23.5. The predicted octanol–water partition coefficient (Wildman–Crippen LogP) is 11.0. The Hall–Kier alpha value is -6.41. The highest BCUT2D eigenvalue weighted by Crippen LogP contribution is 2.46. The third-order valence-corrected chi connectivity index (χ3v) is 11.6. The number of ether oxygens (including phenoxy) is 2. The van der Waals surface area contributed by atoms with Crippen LogP contribution in [0.5, 0.6) is 23.3 Å². The van der Waals surface area contributed by atoms with Crippen LogP contribution in [0.2, 0.25) is 0 Å². The number of fused-ring (bicyclic) bond motifs is 2. The average Bonchev–Trinajstić information content (AvgIpc) is 3.96. The molecule has 0 radical (unpaired) electrons. The monoisotopic (exact) mass is 892 g/mol. The largest absolute Gasteiger partial charge is 0.496 e. The third-order valence-electron chi connectivity index (χ3n) is 10.9. The van der Waals surface area contributed by atoms with Crippen LogP contribution in [0.15, 0.2) is 105 Å². The zero-order valence-corrected chi connectivity index (χ0v) is 35.0. The predicted molar refractivity (Wildman–Crippen MR) is 229 cm³/mol. The number of alkyl halides is 3. The van der Waals surface area contributed by atoms with Crippen molar-refractivity contribution >= 4 is 39.2 Å². The number of hydrogen-bond acceptors (Lipinski definition) is 6. The standard InChI is InChI=1S/C47H40BrF3N4O6/c1-4-6-22-54-41(29-12-8-10-14-33(29)60-3)38-36(46(54)59)40(53-44(38)57)31-24-26(16-21-32(31)48)25-61-34-15-11-9-13-30(34)42-37-35(45(58)55(42)23-7-5-2)39(52-43(37)56)27-17-19-28(20-18-27)47(49,50)51/h8-21,24,58-59H,4-7,22-23,25H2,1-3H3. The van der Waals surface area contributed by atoms with Gasteiger partial charge in [0.2, 0.25) is 11.8 Å². The molecule has 2 aliphatic rings. The van der Waals surface area contributed by atoms with Crippen molar-refractivity contribution in [1.82, 2.24) is 9.13 Å². The molecule has 0 bridgehead atoms. The molecular weight excluding hydrogens is 853 g/mol. The van der Waals surface area contributed by atoms with Gasteiger partial charge in [0.05, 0.1) is 57.7 Å². The normalized spacial score (nSPS) is 13.4. The Morgan fingerprint density at radius 3 is 1.75 bits per heavy atom. The van der Waals surface area contributed by atoms with E-state index in [0.717, 1.165) is 31.4 Å². The van der Waals surface area contributed by atoms with E-state index in [1.807, 2.05) is 43.3 Å². The highest BCUT2D eigenvalue weighted by molar-refractivity contribution is 9.10.